The van der Waals surface area contributed by atoms with Gasteiger partial charge >= 0.3 is 0 Å². The molecule has 0 bridgehead atoms. The Bertz CT molecular complexity index is 330. The smallest absolute Gasteiger partial charge is 0.150 e. The van der Waals surface area contributed by atoms with Crippen LogP contribution in [0.2, 0.25) is 0 Å². The lowest BCUT2D eigenvalue weighted by Crippen LogP contribution is -2.43. The molecule has 1 aliphatic rings. The molecule has 1 fully saturated rings. The molecule has 2 N–H and O–H groups in total. The monoisotopic (exact) mass is 276 g/mol. The summed E-state index contributed by atoms with van der Waals surface area (Å²) in [4.78, 5) is 2.45. The van der Waals surface area contributed by atoms with Crippen LogP contribution in [0.3, 0.4) is 0 Å². The summed E-state index contributed by atoms with van der Waals surface area (Å²) in [6.45, 7) is 4.95. The van der Waals surface area contributed by atoms with Crippen molar-refractivity contribution >= 4 is 9.84 Å². The fraction of sp³-hybridized carbons (Fsp3) is 1.00. The molecule has 0 saturated heterocycles. The maximum Gasteiger partial charge on any atom is 0.150 e. The van der Waals surface area contributed by atoms with Crippen molar-refractivity contribution in [1.82, 2.24) is 4.90 Å². The van der Waals surface area contributed by atoms with Gasteiger partial charge in [0, 0.05) is 12.3 Å². The number of hydrogen-bond donors (Lipinski definition) is 1. The van der Waals surface area contributed by atoms with Crippen LogP contribution >= 0.6 is 0 Å². The molecule has 0 spiro atoms. The Morgan fingerprint density at radius 2 is 2.00 bits per heavy atom. The van der Waals surface area contributed by atoms with Crippen LogP contribution in [0.5, 0.6) is 0 Å². The summed E-state index contributed by atoms with van der Waals surface area (Å²) in [5.74, 6) is 0. The van der Waals surface area contributed by atoms with Gasteiger partial charge in [-0.05, 0) is 51.7 Å². The van der Waals surface area contributed by atoms with Crippen LogP contribution in [0, 0.1) is 0 Å². The first kappa shape index (κ1) is 15.9. The predicted molar refractivity (Wildman–Crippen MR) is 76.4 cm³/mol. The van der Waals surface area contributed by atoms with E-state index in [1.54, 1.807) is 0 Å². The van der Waals surface area contributed by atoms with Gasteiger partial charge in [-0.3, -0.25) is 0 Å². The maximum absolute atomic E-state index is 11.7. The lowest BCUT2D eigenvalue weighted by Gasteiger charge is -2.37. The summed E-state index contributed by atoms with van der Waals surface area (Å²) < 4.78 is 23.4. The van der Waals surface area contributed by atoms with Crippen molar-refractivity contribution in [1.29, 1.82) is 0 Å². The lowest BCUT2D eigenvalue weighted by molar-refractivity contribution is 0.156. The van der Waals surface area contributed by atoms with Crippen LogP contribution in [0.15, 0.2) is 0 Å². The second-order valence-electron chi connectivity index (χ2n) is 5.45. The molecule has 0 amide bonds. The quantitative estimate of drug-likeness (QED) is 0.763. The molecule has 2 unspecified atom stereocenters. The minimum Gasteiger partial charge on any atom is -0.330 e. The molecular formula is C13H28N2O2S. The second kappa shape index (κ2) is 7.46. The second-order valence-corrected chi connectivity index (χ2v) is 7.78. The molecule has 4 nitrogen and oxygen atoms in total. The van der Waals surface area contributed by atoms with Gasteiger partial charge in [-0.1, -0.05) is 13.3 Å². The Hall–Kier alpha value is -0.130. The number of nitrogens with two attached hydrogens (primary N) is 1. The molecule has 108 valence electrons. The van der Waals surface area contributed by atoms with E-state index in [4.69, 9.17) is 5.73 Å². The Kier molecular flexibility index (Phi) is 6.60. The third-order valence-electron chi connectivity index (χ3n) is 3.88. The summed E-state index contributed by atoms with van der Waals surface area (Å²) in [6, 6.07) is 0.435. The first-order chi connectivity index (χ1) is 8.49. The van der Waals surface area contributed by atoms with Crippen molar-refractivity contribution in [2.45, 2.75) is 56.7 Å². The zero-order valence-electron chi connectivity index (χ0n) is 11.8. The van der Waals surface area contributed by atoms with E-state index in [9.17, 15) is 8.42 Å². The van der Waals surface area contributed by atoms with E-state index >= 15 is 0 Å². The average molecular weight is 276 g/mol. The van der Waals surface area contributed by atoms with Gasteiger partial charge in [0.25, 0.3) is 0 Å². The summed E-state index contributed by atoms with van der Waals surface area (Å²) in [5.41, 5.74) is 5.58. The van der Waals surface area contributed by atoms with Gasteiger partial charge in [0.2, 0.25) is 0 Å². The van der Waals surface area contributed by atoms with E-state index in [1.807, 2.05) is 0 Å². The molecule has 5 heteroatoms. The molecule has 1 saturated carbocycles. The molecule has 1 aliphatic carbocycles. The summed E-state index contributed by atoms with van der Waals surface area (Å²) in [5, 5.41) is -0.131. The van der Waals surface area contributed by atoms with Crippen molar-refractivity contribution in [2.24, 2.45) is 5.73 Å². The number of nitrogens with zero attached hydrogens (tertiary/aromatic N) is 1. The average Bonchev–Trinajstić information content (AvgIpc) is 2.33. The normalized spacial score (nSPS) is 25.6. The number of sulfone groups is 1. The van der Waals surface area contributed by atoms with Crippen LogP contribution in [-0.2, 0) is 9.84 Å². The van der Waals surface area contributed by atoms with Crippen LogP contribution in [0.25, 0.3) is 0 Å². The first-order valence-electron chi connectivity index (χ1n) is 7.12. The van der Waals surface area contributed by atoms with E-state index < -0.39 is 9.84 Å². The number of hydrogen-bond acceptors (Lipinski definition) is 4. The third-order valence-corrected chi connectivity index (χ3v) is 5.52. The van der Waals surface area contributed by atoms with Crippen molar-refractivity contribution in [3.63, 3.8) is 0 Å². The van der Waals surface area contributed by atoms with Crippen LogP contribution in [0.4, 0.5) is 0 Å². The predicted octanol–water partition coefficient (Wildman–Crippen LogP) is 1.40. The highest BCUT2D eigenvalue weighted by Gasteiger charge is 2.31. The van der Waals surface area contributed by atoms with E-state index in [2.05, 4.69) is 11.8 Å². The minimum absolute atomic E-state index is 0.131. The van der Waals surface area contributed by atoms with Crippen LogP contribution in [0.1, 0.15) is 45.4 Å². The molecule has 18 heavy (non-hydrogen) atoms. The zero-order chi connectivity index (χ0) is 13.6. The Morgan fingerprint density at radius 3 is 2.56 bits per heavy atom. The van der Waals surface area contributed by atoms with Crippen LogP contribution < -0.4 is 5.73 Å². The van der Waals surface area contributed by atoms with Gasteiger partial charge < -0.3 is 10.6 Å². The Labute approximate surface area is 112 Å². The largest absolute Gasteiger partial charge is 0.330 e. The van der Waals surface area contributed by atoms with Gasteiger partial charge in [-0.15, -0.1) is 0 Å². The zero-order valence-corrected chi connectivity index (χ0v) is 12.6. The minimum atomic E-state index is -2.88. The van der Waals surface area contributed by atoms with Crippen molar-refractivity contribution in [3.05, 3.63) is 0 Å². The van der Waals surface area contributed by atoms with Gasteiger partial charge in [0.1, 0.15) is 9.84 Å². The fourth-order valence-electron chi connectivity index (χ4n) is 2.90. The maximum atomic E-state index is 11.7. The molecule has 2 atom stereocenters. The first-order valence-corrected chi connectivity index (χ1v) is 9.07. The summed E-state index contributed by atoms with van der Waals surface area (Å²) in [7, 11) is -2.88. The van der Waals surface area contributed by atoms with Crippen molar-refractivity contribution in [2.75, 3.05) is 25.9 Å². The standard InChI is InChI=1S/C13H28N2O2S/c1-3-9-15(10-5-8-14)12-6-4-7-13(11-12)18(2,16)17/h12-13H,3-11,14H2,1-2H3. The van der Waals surface area contributed by atoms with E-state index in [1.165, 1.54) is 6.26 Å². The third kappa shape index (κ3) is 4.86. The SMILES string of the molecule is CCCN(CCCN)C1CCCC(S(C)(=O)=O)C1. The highest BCUT2D eigenvalue weighted by Crippen LogP contribution is 2.27. The Morgan fingerprint density at radius 1 is 1.28 bits per heavy atom. The molecule has 0 aromatic carbocycles. The van der Waals surface area contributed by atoms with Crippen LogP contribution in [-0.4, -0.2) is 50.5 Å². The summed E-state index contributed by atoms with van der Waals surface area (Å²) >= 11 is 0. The van der Waals surface area contributed by atoms with Gasteiger partial charge in [0.05, 0.1) is 5.25 Å². The van der Waals surface area contributed by atoms with Crippen molar-refractivity contribution < 1.29 is 8.42 Å². The fourth-order valence-corrected chi connectivity index (χ4v) is 4.07. The van der Waals surface area contributed by atoms with E-state index in [0.29, 0.717) is 12.6 Å². The molecular weight excluding hydrogens is 248 g/mol. The lowest BCUT2D eigenvalue weighted by atomic mass is 9.93. The highest BCUT2D eigenvalue weighted by molar-refractivity contribution is 7.91. The molecule has 1 rings (SSSR count). The molecule has 0 heterocycles. The highest BCUT2D eigenvalue weighted by atomic mass is 32.2. The molecule has 0 aliphatic heterocycles. The van der Waals surface area contributed by atoms with Gasteiger partial charge in [0.15, 0.2) is 0 Å². The van der Waals surface area contributed by atoms with E-state index in [-0.39, 0.29) is 5.25 Å². The van der Waals surface area contributed by atoms with Gasteiger partial charge in [-0.2, -0.15) is 0 Å². The molecule has 0 radical (unpaired) electrons. The summed E-state index contributed by atoms with van der Waals surface area (Å²) in [6.07, 6.45) is 7.31. The topological polar surface area (TPSA) is 63.4 Å². The number of rotatable bonds is 7. The van der Waals surface area contributed by atoms with Crippen molar-refractivity contribution in [3.8, 4) is 0 Å². The van der Waals surface area contributed by atoms with E-state index in [0.717, 1.165) is 51.6 Å². The van der Waals surface area contributed by atoms with Gasteiger partial charge in [-0.25, -0.2) is 8.42 Å². The molecule has 0 aromatic heterocycles. The molecule has 0 aromatic rings. The Balaban J connectivity index is 2.61.